The Balaban J connectivity index is 1.46. The molecule has 180 valence electrons. The fraction of sp³-hybridized carbons (Fsp3) is 0.269. The van der Waals surface area contributed by atoms with E-state index in [4.69, 9.17) is 9.97 Å². The maximum Gasteiger partial charge on any atom is 0.416 e. The maximum atomic E-state index is 13.0. The summed E-state index contributed by atoms with van der Waals surface area (Å²) in [5.74, 6) is 0.789. The summed E-state index contributed by atoms with van der Waals surface area (Å²) >= 11 is 0. The number of anilines is 2. The van der Waals surface area contributed by atoms with E-state index in [0.717, 1.165) is 54.9 Å². The van der Waals surface area contributed by atoms with Gasteiger partial charge in [0.15, 0.2) is 11.6 Å². The first kappa shape index (κ1) is 22.9. The lowest BCUT2D eigenvalue weighted by atomic mass is 10.1. The van der Waals surface area contributed by atoms with Crippen molar-refractivity contribution in [3.05, 3.63) is 71.9 Å². The standard InChI is InChI=1S/C26H24F3N5O/c1-33-14-11-21-22(33)24(34-12-3-2-4-13-34)32-23(31-21)17-7-6-10-20(16-17)30-25(35)18-8-5-9-19(15-18)26(27,28)29/h5-11,14-16H,2-4,12-13H2,1H3,(H,30,35). The molecule has 4 aromatic rings. The Morgan fingerprint density at radius 3 is 2.51 bits per heavy atom. The molecular weight excluding hydrogens is 455 g/mol. The molecule has 1 aliphatic rings. The minimum absolute atomic E-state index is 0.0698. The van der Waals surface area contributed by atoms with Crippen molar-refractivity contribution < 1.29 is 18.0 Å². The molecule has 1 aliphatic heterocycles. The van der Waals surface area contributed by atoms with Gasteiger partial charge >= 0.3 is 6.18 Å². The zero-order valence-corrected chi connectivity index (χ0v) is 19.1. The predicted molar refractivity (Wildman–Crippen MR) is 129 cm³/mol. The van der Waals surface area contributed by atoms with Crippen LogP contribution in [0.5, 0.6) is 0 Å². The number of fused-ring (bicyclic) bond motifs is 1. The number of carbonyl (C=O) groups is 1. The molecule has 2 aromatic heterocycles. The van der Waals surface area contributed by atoms with Crippen LogP contribution in [0, 0.1) is 0 Å². The molecule has 35 heavy (non-hydrogen) atoms. The van der Waals surface area contributed by atoms with E-state index in [-0.39, 0.29) is 5.56 Å². The molecule has 5 rings (SSSR count). The minimum Gasteiger partial charge on any atom is -0.355 e. The fourth-order valence-corrected chi connectivity index (χ4v) is 4.40. The van der Waals surface area contributed by atoms with Gasteiger partial charge in [-0.1, -0.05) is 18.2 Å². The lowest BCUT2D eigenvalue weighted by Gasteiger charge is -2.28. The molecule has 0 aliphatic carbocycles. The second-order valence-corrected chi connectivity index (χ2v) is 8.69. The van der Waals surface area contributed by atoms with Crippen LogP contribution in [0.4, 0.5) is 24.7 Å². The van der Waals surface area contributed by atoms with Gasteiger partial charge in [0.2, 0.25) is 0 Å². The SMILES string of the molecule is Cn1ccc2nc(-c3cccc(NC(=O)c4cccc(C(F)(F)F)c4)c3)nc(N3CCCCC3)c21. The van der Waals surface area contributed by atoms with Gasteiger partial charge < -0.3 is 14.8 Å². The van der Waals surface area contributed by atoms with Crippen LogP contribution in [0.2, 0.25) is 0 Å². The largest absolute Gasteiger partial charge is 0.416 e. The quantitative estimate of drug-likeness (QED) is 0.396. The Bertz CT molecular complexity index is 1390. The van der Waals surface area contributed by atoms with Gasteiger partial charge in [0, 0.05) is 43.1 Å². The van der Waals surface area contributed by atoms with Crippen LogP contribution in [0.3, 0.4) is 0 Å². The molecule has 1 N–H and O–H groups in total. The van der Waals surface area contributed by atoms with Gasteiger partial charge in [0.1, 0.15) is 5.52 Å². The summed E-state index contributed by atoms with van der Waals surface area (Å²) in [6, 6.07) is 13.3. The van der Waals surface area contributed by atoms with Gasteiger partial charge in [-0.2, -0.15) is 13.2 Å². The molecule has 3 heterocycles. The second-order valence-electron chi connectivity index (χ2n) is 8.69. The third-order valence-corrected chi connectivity index (χ3v) is 6.19. The molecule has 2 aromatic carbocycles. The number of nitrogens with zero attached hydrogens (tertiary/aromatic N) is 4. The van der Waals surface area contributed by atoms with Crippen molar-refractivity contribution in [3.8, 4) is 11.4 Å². The Labute approximate surface area is 200 Å². The molecular formula is C26H24F3N5O. The van der Waals surface area contributed by atoms with Gasteiger partial charge in [-0.15, -0.1) is 0 Å². The van der Waals surface area contributed by atoms with E-state index in [2.05, 4.69) is 10.2 Å². The van der Waals surface area contributed by atoms with Crippen LogP contribution in [-0.4, -0.2) is 33.5 Å². The van der Waals surface area contributed by atoms with E-state index >= 15 is 0 Å². The van der Waals surface area contributed by atoms with E-state index in [1.54, 1.807) is 18.2 Å². The summed E-state index contributed by atoms with van der Waals surface area (Å²) in [5.41, 5.74) is 2.02. The fourth-order valence-electron chi connectivity index (χ4n) is 4.40. The number of halogens is 3. The highest BCUT2D eigenvalue weighted by molar-refractivity contribution is 6.04. The number of hydrogen-bond acceptors (Lipinski definition) is 4. The van der Waals surface area contributed by atoms with Gasteiger partial charge in [-0.05, 0) is 55.7 Å². The summed E-state index contributed by atoms with van der Waals surface area (Å²) < 4.78 is 41.1. The average molecular weight is 480 g/mol. The number of hydrogen-bond donors (Lipinski definition) is 1. The normalized spacial score (nSPS) is 14.3. The molecule has 9 heteroatoms. The molecule has 0 spiro atoms. The molecule has 0 radical (unpaired) electrons. The highest BCUT2D eigenvalue weighted by atomic mass is 19.4. The summed E-state index contributed by atoms with van der Waals surface area (Å²) in [4.78, 5) is 24.6. The van der Waals surface area contributed by atoms with Gasteiger partial charge in [-0.3, -0.25) is 4.79 Å². The van der Waals surface area contributed by atoms with E-state index in [1.165, 1.54) is 18.6 Å². The van der Waals surface area contributed by atoms with E-state index in [0.29, 0.717) is 17.1 Å². The summed E-state index contributed by atoms with van der Waals surface area (Å²) in [6.45, 7) is 1.87. The van der Waals surface area contributed by atoms with Crippen LogP contribution in [0.1, 0.15) is 35.2 Å². The minimum atomic E-state index is -4.52. The van der Waals surface area contributed by atoms with Crippen molar-refractivity contribution in [1.29, 1.82) is 0 Å². The van der Waals surface area contributed by atoms with E-state index in [1.807, 2.05) is 29.9 Å². The number of aryl methyl sites for hydroxylation is 1. The summed E-state index contributed by atoms with van der Waals surface area (Å²) in [7, 11) is 1.97. The van der Waals surface area contributed by atoms with Crippen LogP contribution >= 0.6 is 0 Å². The van der Waals surface area contributed by atoms with Gasteiger partial charge in [0.05, 0.1) is 11.1 Å². The topological polar surface area (TPSA) is 63.1 Å². The highest BCUT2D eigenvalue weighted by Gasteiger charge is 2.31. The average Bonchev–Trinajstić information content (AvgIpc) is 3.24. The molecule has 1 saturated heterocycles. The molecule has 6 nitrogen and oxygen atoms in total. The van der Waals surface area contributed by atoms with Crippen LogP contribution in [-0.2, 0) is 13.2 Å². The number of nitrogens with one attached hydrogen (secondary N) is 1. The lowest BCUT2D eigenvalue weighted by molar-refractivity contribution is -0.137. The number of carbonyl (C=O) groups excluding carboxylic acids is 1. The number of alkyl halides is 3. The Hall–Kier alpha value is -3.88. The number of amides is 1. The first-order valence-electron chi connectivity index (χ1n) is 11.5. The van der Waals surface area contributed by atoms with Crippen LogP contribution in [0.25, 0.3) is 22.4 Å². The number of piperidine rings is 1. The number of rotatable bonds is 4. The third kappa shape index (κ3) is 4.71. The van der Waals surface area contributed by atoms with Crippen molar-refractivity contribution >= 4 is 28.4 Å². The van der Waals surface area contributed by atoms with Crippen molar-refractivity contribution in [2.45, 2.75) is 25.4 Å². The Morgan fingerprint density at radius 1 is 0.971 bits per heavy atom. The monoisotopic (exact) mass is 479 g/mol. The van der Waals surface area contributed by atoms with Crippen LogP contribution in [0.15, 0.2) is 60.8 Å². The highest BCUT2D eigenvalue weighted by Crippen LogP contribution is 2.31. The molecule has 0 saturated carbocycles. The predicted octanol–water partition coefficient (Wildman–Crippen LogP) is 5.90. The first-order valence-corrected chi connectivity index (χ1v) is 11.5. The van der Waals surface area contributed by atoms with Crippen molar-refractivity contribution in [2.24, 2.45) is 7.05 Å². The smallest absolute Gasteiger partial charge is 0.355 e. The number of benzene rings is 2. The summed E-state index contributed by atoms with van der Waals surface area (Å²) in [5, 5.41) is 2.69. The zero-order valence-electron chi connectivity index (χ0n) is 19.1. The van der Waals surface area contributed by atoms with Gasteiger partial charge in [0.25, 0.3) is 5.91 Å². The molecule has 0 bridgehead atoms. The third-order valence-electron chi connectivity index (χ3n) is 6.19. The Kier molecular flexibility index (Phi) is 5.92. The van der Waals surface area contributed by atoms with E-state index in [9.17, 15) is 18.0 Å². The van der Waals surface area contributed by atoms with Gasteiger partial charge in [-0.25, -0.2) is 9.97 Å². The first-order chi connectivity index (χ1) is 16.8. The Morgan fingerprint density at radius 2 is 1.74 bits per heavy atom. The van der Waals surface area contributed by atoms with Crippen LogP contribution < -0.4 is 10.2 Å². The lowest BCUT2D eigenvalue weighted by Crippen LogP contribution is -2.30. The maximum absolute atomic E-state index is 13.0. The summed E-state index contributed by atoms with van der Waals surface area (Å²) in [6.07, 6.45) is 0.876. The van der Waals surface area contributed by atoms with Crippen molar-refractivity contribution in [3.63, 3.8) is 0 Å². The molecule has 1 amide bonds. The van der Waals surface area contributed by atoms with Crippen molar-refractivity contribution in [2.75, 3.05) is 23.3 Å². The molecule has 0 atom stereocenters. The molecule has 0 unspecified atom stereocenters. The van der Waals surface area contributed by atoms with Crippen molar-refractivity contribution in [1.82, 2.24) is 14.5 Å². The second kappa shape index (κ2) is 9.05. The zero-order chi connectivity index (χ0) is 24.6. The van der Waals surface area contributed by atoms with E-state index < -0.39 is 17.6 Å². The number of aromatic nitrogens is 3. The molecule has 1 fully saturated rings.